The third kappa shape index (κ3) is 4.27. The van der Waals surface area contributed by atoms with Crippen molar-refractivity contribution in [3.63, 3.8) is 0 Å². The normalized spacial score (nSPS) is 10.5. The first-order valence-electron chi connectivity index (χ1n) is 7.88. The van der Waals surface area contributed by atoms with Crippen molar-refractivity contribution in [2.45, 2.75) is 0 Å². The Bertz CT molecular complexity index is 1080. The molecule has 0 atom stereocenters. The second-order valence-corrected chi connectivity index (χ2v) is 5.66. The Morgan fingerprint density at radius 1 is 0.600 bits per heavy atom. The molecule has 0 amide bonds. The topological polar surface area (TPSA) is 105 Å². The van der Waals surface area contributed by atoms with Gasteiger partial charge in [0, 0.05) is 18.2 Å². The van der Waals surface area contributed by atoms with Crippen LogP contribution in [-0.4, -0.2) is 9.85 Å². The van der Waals surface area contributed by atoms with Crippen LogP contribution < -0.4 is 9.47 Å². The van der Waals surface area contributed by atoms with E-state index in [-0.39, 0.29) is 0 Å². The fourth-order valence-corrected chi connectivity index (χ4v) is 2.34. The van der Waals surface area contributed by atoms with Crippen LogP contribution in [-0.2, 0) is 0 Å². The van der Waals surface area contributed by atoms with Gasteiger partial charge in [-0.25, -0.2) is 17.6 Å². The molecule has 0 fully saturated rings. The molecule has 3 aromatic rings. The van der Waals surface area contributed by atoms with Gasteiger partial charge in [0.05, 0.1) is 9.85 Å². The number of rotatable bonds is 6. The zero-order valence-electron chi connectivity index (χ0n) is 14.5. The van der Waals surface area contributed by atoms with Crippen LogP contribution in [0.3, 0.4) is 0 Å². The molecule has 0 saturated heterocycles. The molecule has 0 saturated carbocycles. The molecule has 0 spiro atoms. The maximum Gasteiger partial charge on any atom is 0.318 e. The van der Waals surface area contributed by atoms with Gasteiger partial charge in [-0.3, -0.25) is 20.2 Å². The molecule has 154 valence electrons. The number of hydrogen-bond acceptors (Lipinski definition) is 6. The summed E-state index contributed by atoms with van der Waals surface area (Å²) in [6, 6.07) is 5.37. The molecule has 0 aromatic heterocycles. The van der Waals surface area contributed by atoms with Crippen molar-refractivity contribution in [2.75, 3.05) is 0 Å². The van der Waals surface area contributed by atoms with Crippen molar-refractivity contribution in [3.8, 4) is 23.0 Å². The predicted molar refractivity (Wildman–Crippen MR) is 92.6 cm³/mol. The number of benzene rings is 3. The average molecular weight is 424 g/mol. The third-order valence-corrected chi connectivity index (χ3v) is 3.66. The maximum atomic E-state index is 13.9. The molecule has 3 rings (SSSR count). The predicted octanol–water partition coefficient (Wildman–Crippen LogP) is 5.64. The lowest BCUT2D eigenvalue weighted by Gasteiger charge is -2.11. The average Bonchev–Trinajstić information content (AvgIpc) is 2.66. The minimum Gasteiger partial charge on any atom is -0.447 e. The van der Waals surface area contributed by atoms with Crippen LogP contribution in [0.2, 0.25) is 0 Å². The molecule has 30 heavy (non-hydrogen) atoms. The molecule has 12 heteroatoms. The Balaban J connectivity index is 2.12. The highest BCUT2D eigenvalue weighted by atomic mass is 19.1. The molecular formula is C18H8F4N2O6. The van der Waals surface area contributed by atoms with E-state index in [1.165, 1.54) is 0 Å². The summed E-state index contributed by atoms with van der Waals surface area (Å²) in [5.74, 6) is -6.91. The van der Waals surface area contributed by atoms with Crippen molar-refractivity contribution in [3.05, 3.63) is 92.0 Å². The van der Waals surface area contributed by atoms with Crippen LogP contribution in [0.4, 0.5) is 28.9 Å². The van der Waals surface area contributed by atoms with Gasteiger partial charge in [-0.05, 0) is 24.3 Å². The van der Waals surface area contributed by atoms with Gasteiger partial charge in [-0.15, -0.1) is 0 Å². The van der Waals surface area contributed by atoms with E-state index in [1.807, 2.05) is 0 Å². The van der Waals surface area contributed by atoms with E-state index in [1.54, 1.807) is 0 Å². The molecule has 3 aromatic carbocycles. The number of nitro benzene ring substituents is 2. The SMILES string of the molecule is O=[N+]([O-])c1cc([N+](=O)[O-])c(Oc2ccc(F)cc2F)cc1Oc1ccc(F)cc1F. The van der Waals surface area contributed by atoms with Crippen LogP contribution in [0.1, 0.15) is 0 Å². The molecule has 0 aliphatic heterocycles. The molecule has 0 aliphatic carbocycles. The molecule has 8 nitrogen and oxygen atoms in total. The lowest BCUT2D eigenvalue weighted by Crippen LogP contribution is -2.00. The Hall–Kier alpha value is -4.22. The minimum absolute atomic E-state index is 0.456. The van der Waals surface area contributed by atoms with Crippen molar-refractivity contribution in [2.24, 2.45) is 0 Å². The Kier molecular flexibility index (Phi) is 5.49. The van der Waals surface area contributed by atoms with E-state index in [9.17, 15) is 37.8 Å². The Morgan fingerprint density at radius 2 is 1.00 bits per heavy atom. The third-order valence-electron chi connectivity index (χ3n) is 3.66. The zero-order chi connectivity index (χ0) is 22.0. The lowest BCUT2D eigenvalue weighted by atomic mass is 10.2. The van der Waals surface area contributed by atoms with Crippen molar-refractivity contribution in [1.29, 1.82) is 0 Å². The van der Waals surface area contributed by atoms with Gasteiger partial charge in [-0.1, -0.05) is 0 Å². The number of hydrogen-bond donors (Lipinski definition) is 0. The van der Waals surface area contributed by atoms with Crippen LogP contribution in [0.15, 0.2) is 48.5 Å². The van der Waals surface area contributed by atoms with Gasteiger partial charge in [0.25, 0.3) is 0 Å². The van der Waals surface area contributed by atoms with E-state index in [0.717, 1.165) is 24.3 Å². The highest BCUT2D eigenvalue weighted by Crippen LogP contribution is 2.43. The summed E-state index contributed by atoms with van der Waals surface area (Å²) in [6.07, 6.45) is 0. The van der Waals surface area contributed by atoms with Crippen LogP contribution in [0.5, 0.6) is 23.0 Å². The van der Waals surface area contributed by atoms with Crippen LogP contribution in [0, 0.1) is 43.5 Å². The van der Waals surface area contributed by atoms with E-state index < -0.39 is 67.5 Å². The lowest BCUT2D eigenvalue weighted by molar-refractivity contribution is -0.395. The van der Waals surface area contributed by atoms with Gasteiger partial charge < -0.3 is 9.47 Å². The molecule has 0 unspecified atom stereocenters. The molecular weight excluding hydrogens is 416 g/mol. The molecule has 0 radical (unpaired) electrons. The summed E-state index contributed by atoms with van der Waals surface area (Å²) in [5.41, 5.74) is -1.87. The van der Waals surface area contributed by atoms with E-state index in [4.69, 9.17) is 9.47 Å². The van der Waals surface area contributed by atoms with Gasteiger partial charge in [0.15, 0.2) is 23.1 Å². The Morgan fingerprint density at radius 3 is 1.33 bits per heavy atom. The van der Waals surface area contributed by atoms with Gasteiger partial charge in [0.1, 0.15) is 17.7 Å². The number of halogens is 4. The summed E-state index contributed by atoms with van der Waals surface area (Å²) >= 11 is 0. The van der Waals surface area contributed by atoms with E-state index >= 15 is 0 Å². The van der Waals surface area contributed by atoms with Crippen LogP contribution in [0.25, 0.3) is 0 Å². The molecule has 0 aliphatic rings. The monoisotopic (exact) mass is 424 g/mol. The molecule has 0 bridgehead atoms. The van der Waals surface area contributed by atoms with Gasteiger partial charge in [0.2, 0.25) is 11.5 Å². The Labute approximate surface area is 164 Å². The summed E-state index contributed by atoms with van der Waals surface area (Å²) < 4.78 is 64.0. The van der Waals surface area contributed by atoms with Crippen molar-refractivity contribution >= 4 is 11.4 Å². The smallest absolute Gasteiger partial charge is 0.318 e. The highest BCUT2D eigenvalue weighted by molar-refractivity contribution is 5.63. The van der Waals surface area contributed by atoms with Gasteiger partial charge in [-0.2, -0.15) is 0 Å². The molecule has 0 N–H and O–H groups in total. The molecule has 0 heterocycles. The first kappa shape index (κ1) is 20.5. The summed E-state index contributed by atoms with van der Waals surface area (Å²) in [6.45, 7) is 0. The second-order valence-electron chi connectivity index (χ2n) is 5.66. The fraction of sp³-hybridized carbons (Fsp3) is 0. The summed E-state index contributed by atoms with van der Waals surface area (Å²) in [4.78, 5) is 20.5. The number of nitro groups is 2. The van der Waals surface area contributed by atoms with Crippen molar-refractivity contribution < 1.29 is 36.9 Å². The fourth-order valence-electron chi connectivity index (χ4n) is 2.34. The number of ether oxygens (including phenoxy) is 2. The van der Waals surface area contributed by atoms with Crippen LogP contribution >= 0.6 is 0 Å². The standard InChI is InChI=1S/C18H8F4N2O6/c19-9-1-3-15(11(21)5-9)29-17-8-18(14(24(27)28)7-13(17)23(25)26)30-16-4-2-10(20)6-12(16)22/h1-8H. The van der Waals surface area contributed by atoms with Crippen molar-refractivity contribution in [1.82, 2.24) is 0 Å². The van der Waals surface area contributed by atoms with E-state index in [2.05, 4.69) is 0 Å². The minimum atomic E-state index is -1.20. The highest BCUT2D eigenvalue weighted by Gasteiger charge is 2.28. The summed E-state index contributed by atoms with van der Waals surface area (Å²) in [5, 5.41) is 22.6. The first-order valence-corrected chi connectivity index (χ1v) is 7.88. The van der Waals surface area contributed by atoms with Gasteiger partial charge >= 0.3 is 11.4 Å². The quantitative estimate of drug-likeness (QED) is 0.288. The second kappa shape index (κ2) is 8.03. The zero-order valence-corrected chi connectivity index (χ0v) is 14.5. The summed E-state index contributed by atoms with van der Waals surface area (Å²) in [7, 11) is 0. The van der Waals surface area contributed by atoms with E-state index in [0.29, 0.717) is 24.3 Å². The number of nitrogens with zero attached hydrogens (tertiary/aromatic N) is 2. The first-order chi connectivity index (χ1) is 14.2. The largest absolute Gasteiger partial charge is 0.447 e. The maximum absolute atomic E-state index is 13.9.